The summed E-state index contributed by atoms with van der Waals surface area (Å²) in [7, 11) is 1.78. The van der Waals surface area contributed by atoms with E-state index in [9.17, 15) is 19.5 Å². The number of hydrogen-bond donors (Lipinski definition) is 1. The molecule has 0 radical (unpaired) electrons. The normalized spacial score (nSPS) is 24.2. The summed E-state index contributed by atoms with van der Waals surface area (Å²) in [6, 6.07) is 3.49. The average molecular weight is 333 g/mol. The molecule has 2 fully saturated rings. The highest BCUT2D eigenvalue weighted by molar-refractivity contribution is 5.94. The fourth-order valence-electron chi connectivity index (χ4n) is 3.66. The third kappa shape index (κ3) is 3.16. The van der Waals surface area contributed by atoms with Crippen LogP contribution in [0.1, 0.15) is 29.8 Å². The molecule has 0 spiro atoms. The Morgan fingerprint density at radius 3 is 2.33 bits per heavy atom. The van der Waals surface area contributed by atoms with Gasteiger partial charge in [-0.25, -0.2) is 0 Å². The van der Waals surface area contributed by atoms with Gasteiger partial charge < -0.3 is 19.5 Å². The molecule has 2 atom stereocenters. The molecule has 2 aliphatic rings. The van der Waals surface area contributed by atoms with Crippen LogP contribution in [-0.2, 0) is 16.6 Å². The monoisotopic (exact) mass is 333 g/mol. The van der Waals surface area contributed by atoms with Gasteiger partial charge in [-0.3, -0.25) is 14.4 Å². The number of aromatic nitrogens is 1. The standard InChI is InChI=1S/C17H23N3O4/c1-18-6-4-5-14(18)16(22)20-10-12(9-13(11-20)17(23)24)15(21)19-7-2-3-8-19/h4-6,12-13H,2-3,7-11H2,1H3,(H,23,24)/t12-,13+/m1/s1. The van der Waals surface area contributed by atoms with Crippen molar-refractivity contribution in [2.24, 2.45) is 18.9 Å². The van der Waals surface area contributed by atoms with Crippen molar-refractivity contribution in [2.75, 3.05) is 26.2 Å². The summed E-state index contributed by atoms with van der Waals surface area (Å²) in [5.74, 6) is -2.30. The van der Waals surface area contributed by atoms with E-state index in [1.54, 1.807) is 34.8 Å². The quantitative estimate of drug-likeness (QED) is 0.887. The molecule has 2 saturated heterocycles. The second-order valence-corrected chi connectivity index (χ2v) is 6.71. The fraction of sp³-hybridized carbons (Fsp3) is 0.588. The molecule has 24 heavy (non-hydrogen) atoms. The first-order valence-electron chi connectivity index (χ1n) is 8.39. The van der Waals surface area contributed by atoms with Crippen LogP contribution in [0.3, 0.4) is 0 Å². The topological polar surface area (TPSA) is 82.9 Å². The second-order valence-electron chi connectivity index (χ2n) is 6.71. The number of carbonyl (C=O) groups excluding carboxylic acids is 2. The van der Waals surface area contributed by atoms with Crippen LogP contribution >= 0.6 is 0 Å². The number of aliphatic carboxylic acids is 1. The highest BCUT2D eigenvalue weighted by Gasteiger charge is 2.39. The van der Waals surface area contributed by atoms with E-state index in [0.29, 0.717) is 18.7 Å². The summed E-state index contributed by atoms with van der Waals surface area (Å²) >= 11 is 0. The van der Waals surface area contributed by atoms with Gasteiger partial charge in [-0.15, -0.1) is 0 Å². The van der Waals surface area contributed by atoms with Gasteiger partial charge in [0.15, 0.2) is 0 Å². The third-order valence-corrected chi connectivity index (χ3v) is 5.02. The summed E-state index contributed by atoms with van der Waals surface area (Å²) < 4.78 is 1.71. The number of carbonyl (C=O) groups is 3. The molecule has 7 nitrogen and oxygen atoms in total. The maximum atomic E-state index is 12.7. The Kier molecular flexibility index (Phi) is 4.59. The maximum absolute atomic E-state index is 12.7. The van der Waals surface area contributed by atoms with Gasteiger partial charge in [0.05, 0.1) is 11.8 Å². The predicted octanol–water partition coefficient (Wildman–Crippen LogP) is 0.810. The van der Waals surface area contributed by atoms with E-state index in [1.807, 2.05) is 0 Å². The predicted molar refractivity (Wildman–Crippen MR) is 86.4 cm³/mol. The van der Waals surface area contributed by atoms with Gasteiger partial charge in [-0.05, 0) is 31.4 Å². The minimum Gasteiger partial charge on any atom is -0.481 e. The molecular formula is C17H23N3O4. The van der Waals surface area contributed by atoms with E-state index in [-0.39, 0.29) is 18.4 Å². The Balaban J connectivity index is 1.79. The number of carboxylic acids is 1. The number of amides is 2. The van der Waals surface area contributed by atoms with Crippen LogP contribution in [0, 0.1) is 11.8 Å². The molecule has 0 aliphatic carbocycles. The zero-order valence-corrected chi connectivity index (χ0v) is 13.9. The summed E-state index contributed by atoms with van der Waals surface area (Å²) in [6.45, 7) is 1.92. The molecule has 0 aromatic carbocycles. The highest BCUT2D eigenvalue weighted by Crippen LogP contribution is 2.26. The molecule has 1 aromatic heterocycles. The molecule has 7 heteroatoms. The number of aryl methyl sites for hydroxylation is 1. The Morgan fingerprint density at radius 1 is 1.08 bits per heavy atom. The largest absolute Gasteiger partial charge is 0.481 e. The first-order valence-corrected chi connectivity index (χ1v) is 8.39. The van der Waals surface area contributed by atoms with E-state index in [2.05, 4.69) is 0 Å². The van der Waals surface area contributed by atoms with Crippen LogP contribution in [0.25, 0.3) is 0 Å². The van der Waals surface area contributed by atoms with Crippen LogP contribution in [-0.4, -0.2) is 63.4 Å². The molecule has 0 saturated carbocycles. The molecule has 1 N–H and O–H groups in total. The Labute approximate surface area is 140 Å². The lowest BCUT2D eigenvalue weighted by molar-refractivity contribution is -0.146. The smallest absolute Gasteiger partial charge is 0.308 e. The Morgan fingerprint density at radius 2 is 1.75 bits per heavy atom. The van der Waals surface area contributed by atoms with Gasteiger partial charge in [-0.1, -0.05) is 0 Å². The molecule has 2 amide bonds. The minimum absolute atomic E-state index is 0.0110. The number of nitrogens with zero attached hydrogens (tertiary/aromatic N) is 3. The lowest BCUT2D eigenvalue weighted by Gasteiger charge is -2.37. The van der Waals surface area contributed by atoms with Gasteiger partial charge in [0, 0.05) is 39.4 Å². The third-order valence-electron chi connectivity index (χ3n) is 5.02. The van der Waals surface area contributed by atoms with Crippen LogP contribution in [0.5, 0.6) is 0 Å². The highest BCUT2D eigenvalue weighted by atomic mass is 16.4. The summed E-state index contributed by atoms with van der Waals surface area (Å²) in [4.78, 5) is 40.2. The molecule has 3 heterocycles. The van der Waals surface area contributed by atoms with E-state index >= 15 is 0 Å². The van der Waals surface area contributed by atoms with Crippen molar-refractivity contribution in [2.45, 2.75) is 19.3 Å². The van der Waals surface area contributed by atoms with Crippen molar-refractivity contribution in [1.29, 1.82) is 0 Å². The first kappa shape index (κ1) is 16.5. The van der Waals surface area contributed by atoms with E-state index in [0.717, 1.165) is 25.9 Å². The number of rotatable bonds is 3. The van der Waals surface area contributed by atoms with Crippen molar-refractivity contribution in [3.8, 4) is 0 Å². The maximum Gasteiger partial charge on any atom is 0.308 e. The number of piperidine rings is 1. The van der Waals surface area contributed by atoms with Gasteiger partial charge >= 0.3 is 5.97 Å². The van der Waals surface area contributed by atoms with Crippen molar-refractivity contribution < 1.29 is 19.5 Å². The zero-order valence-electron chi connectivity index (χ0n) is 13.9. The van der Waals surface area contributed by atoms with Gasteiger partial charge in [0.2, 0.25) is 5.91 Å². The van der Waals surface area contributed by atoms with Crippen molar-refractivity contribution in [3.63, 3.8) is 0 Å². The summed E-state index contributed by atoms with van der Waals surface area (Å²) in [5, 5.41) is 9.42. The molecule has 1 aromatic rings. The average Bonchev–Trinajstić information content (AvgIpc) is 3.24. The number of carboxylic acid groups (broad SMARTS) is 1. The molecule has 130 valence electrons. The fourth-order valence-corrected chi connectivity index (χ4v) is 3.66. The Hall–Kier alpha value is -2.31. The molecule has 2 aliphatic heterocycles. The number of hydrogen-bond acceptors (Lipinski definition) is 3. The SMILES string of the molecule is Cn1cccc1C(=O)N1C[C@@H](C(=O)O)C[C@@H](C(=O)N2CCCC2)C1. The molecule has 0 unspecified atom stereocenters. The van der Waals surface area contributed by atoms with Crippen LogP contribution in [0.4, 0.5) is 0 Å². The van der Waals surface area contributed by atoms with Crippen molar-refractivity contribution >= 4 is 17.8 Å². The number of likely N-dealkylation sites (tertiary alicyclic amines) is 2. The van der Waals surface area contributed by atoms with Crippen molar-refractivity contribution in [1.82, 2.24) is 14.4 Å². The van der Waals surface area contributed by atoms with E-state index in [1.165, 1.54) is 4.90 Å². The van der Waals surface area contributed by atoms with Crippen LogP contribution in [0.2, 0.25) is 0 Å². The van der Waals surface area contributed by atoms with E-state index < -0.39 is 17.8 Å². The minimum atomic E-state index is -0.946. The second kappa shape index (κ2) is 6.67. The van der Waals surface area contributed by atoms with E-state index in [4.69, 9.17) is 0 Å². The van der Waals surface area contributed by atoms with Crippen LogP contribution in [0.15, 0.2) is 18.3 Å². The molecule has 3 rings (SSSR count). The van der Waals surface area contributed by atoms with Gasteiger partial charge in [0.1, 0.15) is 5.69 Å². The molecule has 0 bridgehead atoms. The van der Waals surface area contributed by atoms with Crippen LogP contribution < -0.4 is 0 Å². The van der Waals surface area contributed by atoms with Gasteiger partial charge in [-0.2, -0.15) is 0 Å². The lowest BCUT2D eigenvalue weighted by Crippen LogP contribution is -2.51. The lowest BCUT2D eigenvalue weighted by atomic mass is 9.88. The molecular weight excluding hydrogens is 310 g/mol. The van der Waals surface area contributed by atoms with Crippen molar-refractivity contribution in [3.05, 3.63) is 24.0 Å². The summed E-state index contributed by atoms with van der Waals surface area (Å²) in [5.41, 5.74) is 0.508. The first-order chi connectivity index (χ1) is 11.5. The van der Waals surface area contributed by atoms with Gasteiger partial charge in [0.25, 0.3) is 5.91 Å². The summed E-state index contributed by atoms with van der Waals surface area (Å²) in [6.07, 6.45) is 4.07. The zero-order chi connectivity index (χ0) is 17.3. The Bertz CT molecular complexity index is 648.